The molecule has 2 aliphatic rings. The molecule has 164 valence electrons. The molecule has 0 atom stereocenters. The molecule has 33 heavy (non-hydrogen) atoms. The molecule has 2 aliphatic heterocycles. The molecule has 0 aliphatic carbocycles. The van der Waals surface area contributed by atoms with Crippen molar-refractivity contribution < 1.29 is 9.53 Å². The molecule has 4 aromatic rings. The number of halogens is 1. The lowest BCUT2D eigenvalue weighted by atomic mass is 9.95. The highest BCUT2D eigenvalue weighted by Gasteiger charge is 2.33. The average Bonchev–Trinajstić information content (AvgIpc) is 3.42. The van der Waals surface area contributed by atoms with Crippen LogP contribution in [0.15, 0.2) is 65.9 Å². The van der Waals surface area contributed by atoms with E-state index in [1.54, 1.807) is 34.7 Å². The Morgan fingerprint density at radius 1 is 1.09 bits per heavy atom. The van der Waals surface area contributed by atoms with Gasteiger partial charge in [-0.15, -0.1) is 21.5 Å². The molecule has 0 bridgehead atoms. The summed E-state index contributed by atoms with van der Waals surface area (Å²) in [5.41, 5.74) is 4.00. The molecule has 9 heteroatoms. The molecule has 0 N–H and O–H groups in total. The molecule has 0 unspecified atom stereocenters. The standard InChI is InChI=1S/C24H18ClN5O2S/c25-18-9-5-4-8-16(18)22-21-17-10-11-29(24(31)32-15-6-2-1-3-7-15)13-19(17)33-23(21)30-14-27-28-20(30)12-26-22/h1-9,14H,10-13H2. The molecule has 7 nitrogen and oxygen atoms in total. The number of para-hydroxylation sites is 1. The fourth-order valence-corrected chi connectivity index (χ4v) is 5.83. The Morgan fingerprint density at radius 3 is 2.76 bits per heavy atom. The van der Waals surface area contributed by atoms with E-state index in [2.05, 4.69) is 10.2 Å². The Kier molecular flexibility index (Phi) is 4.96. The third kappa shape index (κ3) is 3.51. The van der Waals surface area contributed by atoms with Crippen molar-refractivity contribution in [3.05, 3.63) is 93.3 Å². The van der Waals surface area contributed by atoms with E-state index in [1.165, 1.54) is 5.56 Å². The Hall–Kier alpha value is -3.49. The number of fused-ring (bicyclic) bond motifs is 5. The number of thiophene rings is 1. The van der Waals surface area contributed by atoms with E-state index in [0.717, 1.165) is 32.5 Å². The van der Waals surface area contributed by atoms with Gasteiger partial charge in [-0.1, -0.05) is 48.0 Å². The van der Waals surface area contributed by atoms with Gasteiger partial charge in [-0.25, -0.2) is 4.79 Å². The Bertz CT molecular complexity index is 1400. The number of amides is 1. The zero-order valence-corrected chi connectivity index (χ0v) is 19.0. The van der Waals surface area contributed by atoms with Crippen molar-refractivity contribution in [1.82, 2.24) is 19.7 Å². The van der Waals surface area contributed by atoms with Gasteiger partial charge in [-0.2, -0.15) is 0 Å². The minimum Gasteiger partial charge on any atom is -0.410 e. The maximum absolute atomic E-state index is 12.8. The van der Waals surface area contributed by atoms with Crippen molar-refractivity contribution in [2.45, 2.75) is 19.5 Å². The maximum Gasteiger partial charge on any atom is 0.415 e. The van der Waals surface area contributed by atoms with Crippen LogP contribution in [0.5, 0.6) is 5.75 Å². The summed E-state index contributed by atoms with van der Waals surface area (Å²) in [4.78, 5) is 20.6. The Labute approximate surface area is 198 Å². The second-order valence-electron chi connectivity index (χ2n) is 7.80. The van der Waals surface area contributed by atoms with Crippen molar-refractivity contribution in [1.29, 1.82) is 0 Å². The van der Waals surface area contributed by atoms with Crippen LogP contribution in [0.1, 0.15) is 27.4 Å². The lowest BCUT2D eigenvalue weighted by Crippen LogP contribution is -2.37. The highest BCUT2D eigenvalue weighted by Crippen LogP contribution is 2.40. The van der Waals surface area contributed by atoms with Crippen LogP contribution in [0.4, 0.5) is 4.79 Å². The summed E-state index contributed by atoms with van der Waals surface area (Å²) >= 11 is 8.21. The summed E-state index contributed by atoms with van der Waals surface area (Å²) in [5, 5.41) is 10.0. The predicted molar refractivity (Wildman–Crippen MR) is 127 cm³/mol. The largest absolute Gasteiger partial charge is 0.415 e. The molecule has 1 amide bonds. The second-order valence-corrected chi connectivity index (χ2v) is 9.29. The molecule has 0 spiro atoms. The van der Waals surface area contributed by atoms with E-state index in [1.807, 2.05) is 47.0 Å². The third-order valence-corrected chi connectivity index (χ3v) is 7.37. The van der Waals surface area contributed by atoms with Gasteiger partial charge in [-0.05, 0) is 30.2 Å². The van der Waals surface area contributed by atoms with E-state index in [0.29, 0.717) is 36.8 Å². The molecular weight excluding hydrogens is 458 g/mol. The first kappa shape index (κ1) is 20.1. The number of hydrogen-bond donors (Lipinski definition) is 0. The van der Waals surface area contributed by atoms with E-state index < -0.39 is 0 Å². The zero-order valence-electron chi connectivity index (χ0n) is 17.4. The van der Waals surface area contributed by atoms with Crippen LogP contribution in [0.2, 0.25) is 5.02 Å². The van der Waals surface area contributed by atoms with E-state index in [9.17, 15) is 4.79 Å². The van der Waals surface area contributed by atoms with Gasteiger partial charge in [0, 0.05) is 27.6 Å². The van der Waals surface area contributed by atoms with Crippen LogP contribution >= 0.6 is 22.9 Å². The molecule has 0 radical (unpaired) electrons. The van der Waals surface area contributed by atoms with Gasteiger partial charge in [0.1, 0.15) is 23.6 Å². The van der Waals surface area contributed by atoms with E-state index in [-0.39, 0.29) is 6.09 Å². The van der Waals surface area contributed by atoms with E-state index in [4.69, 9.17) is 21.3 Å². The first-order valence-corrected chi connectivity index (χ1v) is 11.7. The average molecular weight is 476 g/mol. The Balaban J connectivity index is 1.40. The topological polar surface area (TPSA) is 72.6 Å². The summed E-state index contributed by atoms with van der Waals surface area (Å²) in [5.74, 6) is 1.31. The van der Waals surface area contributed by atoms with Crippen molar-refractivity contribution in [2.75, 3.05) is 6.54 Å². The molecule has 0 saturated carbocycles. The Morgan fingerprint density at radius 2 is 1.91 bits per heavy atom. The minimum absolute atomic E-state index is 0.347. The number of nitrogens with zero attached hydrogens (tertiary/aromatic N) is 5. The number of benzene rings is 2. The smallest absolute Gasteiger partial charge is 0.410 e. The number of rotatable bonds is 2. The zero-order chi connectivity index (χ0) is 22.4. The van der Waals surface area contributed by atoms with Crippen LogP contribution in [-0.4, -0.2) is 38.0 Å². The molecule has 2 aromatic heterocycles. The predicted octanol–water partition coefficient (Wildman–Crippen LogP) is 4.89. The summed E-state index contributed by atoms with van der Waals surface area (Å²) in [6, 6.07) is 16.9. The third-order valence-electron chi connectivity index (χ3n) is 5.83. The summed E-state index contributed by atoms with van der Waals surface area (Å²) < 4.78 is 7.56. The molecule has 0 saturated heterocycles. The van der Waals surface area contributed by atoms with Crippen molar-refractivity contribution in [3.8, 4) is 10.8 Å². The highest BCUT2D eigenvalue weighted by molar-refractivity contribution is 7.15. The molecular formula is C24H18ClN5O2S. The molecule has 0 fully saturated rings. The van der Waals surface area contributed by atoms with Gasteiger partial charge in [-0.3, -0.25) is 9.56 Å². The monoisotopic (exact) mass is 475 g/mol. The summed E-state index contributed by atoms with van der Waals surface area (Å²) in [7, 11) is 0. The molecule has 6 rings (SSSR count). The lowest BCUT2D eigenvalue weighted by molar-refractivity contribution is 0.147. The fraction of sp³-hybridized carbons (Fsp3) is 0.167. The van der Waals surface area contributed by atoms with Gasteiger partial charge in [0.05, 0.1) is 12.3 Å². The number of aromatic nitrogens is 3. The fourth-order valence-electron chi connectivity index (χ4n) is 4.25. The number of hydrogen-bond acceptors (Lipinski definition) is 6. The highest BCUT2D eigenvalue weighted by atomic mass is 35.5. The number of carbonyl (C=O) groups excluding carboxylic acids is 1. The van der Waals surface area contributed by atoms with Crippen molar-refractivity contribution in [2.24, 2.45) is 4.99 Å². The second kappa shape index (κ2) is 8.13. The quantitative estimate of drug-likeness (QED) is 0.413. The normalized spacial score (nSPS) is 14.6. The van der Waals surface area contributed by atoms with Crippen molar-refractivity contribution >= 4 is 34.7 Å². The van der Waals surface area contributed by atoms with Crippen LogP contribution in [0.3, 0.4) is 0 Å². The van der Waals surface area contributed by atoms with Gasteiger partial charge < -0.3 is 9.64 Å². The summed E-state index contributed by atoms with van der Waals surface area (Å²) in [6.07, 6.45) is 2.08. The van der Waals surface area contributed by atoms with Crippen molar-refractivity contribution in [3.63, 3.8) is 0 Å². The van der Waals surface area contributed by atoms with Gasteiger partial charge in [0.2, 0.25) is 0 Å². The number of ether oxygens (including phenoxy) is 1. The number of aliphatic imine (C=N–C) groups is 1. The first-order valence-electron chi connectivity index (χ1n) is 10.5. The van der Waals surface area contributed by atoms with E-state index >= 15 is 0 Å². The van der Waals surface area contributed by atoms with Gasteiger partial charge in [0.15, 0.2) is 5.82 Å². The maximum atomic E-state index is 12.8. The summed E-state index contributed by atoms with van der Waals surface area (Å²) in [6.45, 7) is 1.46. The van der Waals surface area contributed by atoms with Crippen LogP contribution in [0.25, 0.3) is 5.00 Å². The first-order chi connectivity index (χ1) is 16.2. The van der Waals surface area contributed by atoms with Crippen LogP contribution in [0, 0.1) is 0 Å². The van der Waals surface area contributed by atoms with Crippen LogP contribution in [-0.2, 0) is 19.5 Å². The van der Waals surface area contributed by atoms with Gasteiger partial charge in [0.25, 0.3) is 0 Å². The number of carbonyl (C=O) groups is 1. The van der Waals surface area contributed by atoms with Gasteiger partial charge >= 0.3 is 6.09 Å². The lowest BCUT2D eigenvalue weighted by Gasteiger charge is -2.26. The van der Waals surface area contributed by atoms with Crippen LogP contribution < -0.4 is 4.74 Å². The SMILES string of the molecule is O=C(Oc1ccccc1)N1CCc2c(sc3c2C(c2ccccc2Cl)=NCc2nncn2-3)C1. The molecule has 2 aromatic carbocycles. The molecule has 4 heterocycles. The minimum atomic E-state index is -0.347.